The minimum atomic E-state index is -1.08. The minimum absolute atomic E-state index is 0.179. The summed E-state index contributed by atoms with van der Waals surface area (Å²) in [6, 6.07) is 13.2. The van der Waals surface area contributed by atoms with Gasteiger partial charge in [0, 0.05) is 24.2 Å². The predicted octanol–water partition coefficient (Wildman–Crippen LogP) is 4.30. The molecule has 0 bridgehead atoms. The summed E-state index contributed by atoms with van der Waals surface area (Å²) >= 11 is 5.83. The van der Waals surface area contributed by atoms with Crippen molar-refractivity contribution in [2.24, 2.45) is 0 Å². The fourth-order valence-corrected chi connectivity index (χ4v) is 2.38. The molecular formula is C18H19ClFNO2. The maximum absolute atomic E-state index is 13.7. The summed E-state index contributed by atoms with van der Waals surface area (Å²) in [4.78, 5) is 14.1. The molecule has 1 amide bonds. The third-order valence-corrected chi connectivity index (χ3v) is 3.67. The number of hydrogen-bond acceptors (Lipinski definition) is 2. The number of ether oxygens (including phenoxy) is 1. The Bertz CT molecular complexity index is 686. The van der Waals surface area contributed by atoms with E-state index in [0.717, 1.165) is 0 Å². The van der Waals surface area contributed by atoms with Crippen LogP contribution in [0.25, 0.3) is 0 Å². The van der Waals surface area contributed by atoms with Crippen LogP contribution in [0, 0.1) is 5.82 Å². The SMILES string of the molecule is CN(Cc1ccccc1F)C(=O)C(C)(C)Oc1ccc(Cl)cc1. The quantitative estimate of drug-likeness (QED) is 0.815. The Balaban J connectivity index is 2.07. The minimum Gasteiger partial charge on any atom is -0.478 e. The van der Waals surface area contributed by atoms with Gasteiger partial charge in [-0.05, 0) is 44.2 Å². The van der Waals surface area contributed by atoms with E-state index in [1.54, 1.807) is 63.4 Å². The number of carbonyl (C=O) groups excluding carboxylic acids is 1. The Labute approximate surface area is 140 Å². The van der Waals surface area contributed by atoms with Crippen molar-refractivity contribution in [2.45, 2.75) is 26.0 Å². The third-order valence-electron chi connectivity index (χ3n) is 3.41. The summed E-state index contributed by atoms with van der Waals surface area (Å²) in [6.07, 6.45) is 0. The number of halogens is 2. The number of nitrogens with zero attached hydrogens (tertiary/aromatic N) is 1. The molecule has 0 aromatic heterocycles. The van der Waals surface area contributed by atoms with Crippen molar-refractivity contribution in [1.29, 1.82) is 0 Å². The molecule has 3 nitrogen and oxygen atoms in total. The molecule has 2 aromatic rings. The highest BCUT2D eigenvalue weighted by Crippen LogP contribution is 2.22. The Kier molecular flexibility index (Phi) is 5.26. The van der Waals surface area contributed by atoms with Crippen LogP contribution < -0.4 is 4.74 Å². The van der Waals surface area contributed by atoms with E-state index in [1.807, 2.05) is 0 Å². The van der Waals surface area contributed by atoms with Gasteiger partial charge >= 0.3 is 0 Å². The molecule has 0 fully saturated rings. The van der Waals surface area contributed by atoms with Crippen molar-refractivity contribution in [1.82, 2.24) is 4.90 Å². The van der Waals surface area contributed by atoms with Crippen LogP contribution in [0.2, 0.25) is 5.02 Å². The molecule has 0 heterocycles. The first-order valence-corrected chi connectivity index (χ1v) is 7.61. The fourth-order valence-electron chi connectivity index (χ4n) is 2.25. The second-order valence-electron chi connectivity index (χ2n) is 5.82. The molecule has 2 aromatic carbocycles. The molecule has 0 aliphatic carbocycles. The molecule has 23 heavy (non-hydrogen) atoms. The lowest BCUT2D eigenvalue weighted by Gasteiger charge is -2.30. The zero-order valence-corrected chi connectivity index (χ0v) is 14.1. The van der Waals surface area contributed by atoms with E-state index < -0.39 is 5.60 Å². The van der Waals surface area contributed by atoms with Crippen LogP contribution in [-0.2, 0) is 11.3 Å². The molecule has 122 valence electrons. The van der Waals surface area contributed by atoms with Gasteiger partial charge in [-0.2, -0.15) is 0 Å². The molecule has 0 aliphatic rings. The van der Waals surface area contributed by atoms with Crippen LogP contribution in [-0.4, -0.2) is 23.5 Å². The van der Waals surface area contributed by atoms with Crippen molar-refractivity contribution in [3.63, 3.8) is 0 Å². The number of carbonyl (C=O) groups is 1. The number of likely N-dealkylation sites (N-methyl/N-ethyl adjacent to an activating group) is 1. The maximum atomic E-state index is 13.7. The standard InChI is InChI=1S/C18H19ClFNO2/c1-18(2,23-15-10-8-14(19)9-11-15)17(22)21(3)12-13-6-4-5-7-16(13)20/h4-11H,12H2,1-3H3. The van der Waals surface area contributed by atoms with E-state index >= 15 is 0 Å². The number of rotatable bonds is 5. The van der Waals surface area contributed by atoms with Gasteiger partial charge in [-0.3, -0.25) is 4.79 Å². The van der Waals surface area contributed by atoms with E-state index in [4.69, 9.17) is 16.3 Å². The molecule has 5 heteroatoms. The molecule has 0 N–H and O–H groups in total. The summed E-state index contributed by atoms with van der Waals surface area (Å²) in [5.74, 6) is -0.0219. The third kappa shape index (κ3) is 4.45. The van der Waals surface area contributed by atoms with Gasteiger partial charge in [-0.25, -0.2) is 4.39 Å². The lowest BCUT2D eigenvalue weighted by Crippen LogP contribution is -2.47. The van der Waals surface area contributed by atoms with Crippen LogP contribution in [0.5, 0.6) is 5.75 Å². The molecular weight excluding hydrogens is 317 g/mol. The Morgan fingerprint density at radius 1 is 1.17 bits per heavy atom. The first-order valence-electron chi connectivity index (χ1n) is 7.23. The largest absolute Gasteiger partial charge is 0.478 e. The second-order valence-corrected chi connectivity index (χ2v) is 6.26. The fraction of sp³-hybridized carbons (Fsp3) is 0.278. The lowest BCUT2D eigenvalue weighted by atomic mass is 10.1. The van der Waals surface area contributed by atoms with Gasteiger partial charge in [-0.15, -0.1) is 0 Å². The topological polar surface area (TPSA) is 29.5 Å². The zero-order chi connectivity index (χ0) is 17.0. The Hall–Kier alpha value is -2.07. The van der Waals surface area contributed by atoms with Crippen molar-refractivity contribution in [3.8, 4) is 5.75 Å². The average molecular weight is 336 g/mol. The van der Waals surface area contributed by atoms with Gasteiger partial charge in [-0.1, -0.05) is 29.8 Å². The van der Waals surface area contributed by atoms with E-state index in [9.17, 15) is 9.18 Å². The lowest BCUT2D eigenvalue weighted by molar-refractivity contribution is -0.144. The first-order chi connectivity index (χ1) is 10.8. The van der Waals surface area contributed by atoms with Crippen molar-refractivity contribution < 1.29 is 13.9 Å². The molecule has 0 radical (unpaired) electrons. The monoisotopic (exact) mass is 335 g/mol. The molecule has 0 spiro atoms. The van der Waals surface area contributed by atoms with Gasteiger partial charge in [0.25, 0.3) is 5.91 Å². The highest BCUT2D eigenvalue weighted by atomic mass is 35.5. The van der Waals surface area contributed by atoms with E-state index in [0.29, 0.717) is 16.3 Å². The average Bonchev–Trinajstić information content (AvgIpc) is 2.51. The van der Waals surface area contributed by atoms with E-state index in [1.165, 1.54) is 11.0 Å². The number of amides is 1. The normalized spacial score (nSPS) is 11.2. The van der Waals surface area contributed by atoms with Gasteiger partial charge in [0.15, 0.2) is 5.60 Å². The highest BCUT2D eigenvalue weighted by Gasteiger charge is 2.33. The smallest absolute Gasteiger partial charge is 0.266 e. The summed E-state index contributed by atoms with van der Waals surface area (Å²) in [6.45, 7) is 3.54. The summed E-state index contributed by atoms with van der Waals surface area (Å²) in [7, 11) is 1.63. The second kappa shape index (κ2) is 7.01. The summed E-state index contributed by atoms with van der Waals surface area (Å²) < 4.78 is 19.5. The maximum Gasteiger partial charge on any atom is 0.266 e. The van der Waals surface area contributed by atoms with Crippen LogP contribution in [0.1, 0.15) is 19.4 Å². The van der Waals surface area contributed by atoms with Gasteiger partial charge in [0.05, 0.1) is 0 Å². The van der Waals surface area contributed by atoms with Crippen molar-refractivity contribution >= 4 is 17.5 Å². The van der Waals surface area contributed by atoms with E-state index in [-0.39, 0.29) is 18.3 Å². The number of benzene rings is 2. The molecule has 0 saturated carbocycles. The number of hydrogen-bond donors (Lipinski definition) is 0. The Morgan fingerprint density at radius 2 is 1.78 bits per heavy atom. The van der Waals surface area contributed by atoms with Crippen LogP contribution in [0.3, 0.4) is 0 Å². The molecule has 0 aliphatic heterocycles. The zero-order valence-electron chi connectivity index (χ0n) is 13.3. The summed E-state index contributed by atoms with van der Waals surface area (Å²) in [5, 5.41) is 0.596. The van der Waals surface area contributed by atoms with Gasteiger partial charge < -0.3 is 9.64 Å². The highest BCUT2D eigenvalue weighted by molar-refractivity contribution is 6.30. The van der Waals surface area contributed by atoms with Crippen molar-refractivity contribution in [3.05, 3.63) is 64.9 Å². The molecule has 0 atom stereocenters. The Morgan fingerprint density at radius 3 is 2.39 bits per heavy atom. The van der Waals surface area contributed by atoms with Gasteiger partial charge in [0.1, 0.15) is 11.6 Å². The van der Waals surface area contributed by atoms with Crippen LogP contribution in [0.15, 0.2) is 48.5 Å². The van der Waals surface area contributed by atoms with Crippen LogP contribution in [0.4, 0.5) is 4.39 Å². The van der Waals surface area contributed by atoms with Crippen LogP contribution >= 0.6 is 11.6 Å². The van der Waals surface area contributed by atoms with E-state index in [2.05, 4.69) is 0 Å². The first kappa shape index (κ1) is 17.3. The van der Waals surface area contributed by atoms with Gasteiger partial charge in [0.2, 0.25) is 0 Å². The molecule has 0 unspecified atom stereocenters. The molecule has 2 rings (SSSR count). The van der Waals surface area contributed by atoms with Crippen molar-refractivity contribution in [2.75, 3.05) is 7.05 Å². The predicted molar refractivity (Wildman–Crippen MR) is 89.0 cm³/mol. The summed E-state index contributed by atoms with van der Waals surface area (Å²) in [5.41, 5.74) is -0.612. The molecule has 0 saturated heterocycles.